The van der Waals surface area contributed by atoms with Gasteiger partial charge < -0.3 is 5.32 Å². The zero-order valence-corrected chi connectivity index (χ0v) is 20.5. The number of carbonyl (C=O) groups is 1. The number of aromatic nitrogens is 2. The first kappa shape index (κ1) is 23.7. The van der Waals surface area contributed by atoms with Crippen molar-refractivity contribution in [1.82, 2.24) is 9.55 Å². The summed E-state index contributed by atoms with van der Waals surface area (Å²) in [6, 6.07) is 19.1. The van der Waals surface area contributed by atoms with Gasteiger partial charge in [-0.15, -0.1) is 0 Å². The van der Waals surface area contributed by atoms with Gasteiger partial charge >= 0.3 is 0 Å². The van der Waals surface area contributed by atoms with E-state index in [-0.39, 0.29) is 21.9 Å². The molecule has 0 unspecified atom stereocenters. The standard InChI is InChI=1S/C25H23N3O4S2/c1-16-12-13-21(17(2)14-16)28-24(30)18-8-4-5-9-19(18)27-25(28)33-15-23(29)26-20-10-6-7-11-22(20)34(3,31)32/h4-14H,15H2,1-3H3,(H,26,29). The Morgan fingerprint density at radius 2 is 1.74 bits per heavy atom. The van der Waals surface area contributed by atoms with Crippen LogP contribution in [0.5, 0.6) is 0 Å². The van der Waals surface area contributed by atoms with E-state index in [0.29, 0.717) is 21.7 Å². The zero-order valence-electron chi connectivity index (χ0n) is 18.9. The van der Waals surface area contributed by atoms with Gasteiger partial charge in [-0.05, 0) is 49.7 Å². The Hall–Kier alpha value is -3.43. The molecular weight excluding hydrogens is 470 g/mol. The van der Waals surface area contributed by atoms with Crippen LogP contribution in [0.3, 0.4) is 0 Å². The molecular formula is C25H23N3O4S2. The minimum atomic E-state index is -3.51. The zero-order chi connectivity index (χ0) is 24.5. The number of hydrogen-bond donors (Lipinski definition) is 1. The van der Waals surface area contributed by atoms with Gasteiger partial charge in [-0.2, -0.15) is 0 Å². The number of hydrogen-bond acceptors (Lipinski definition) is 6. The Morgan fingerprint density at radius 1 is 1.03 bits per heavy atom. The lowest BCUT2D eigenvalue weighted by Crippen LogP contribution is -2.23. The van der Waals surface area contributed by atoms with Crippen LogP contribution in [0.15, 0.2) is 81.6 Å². The predicted molar refractivity (Wildman–Crippen MR) is 136 cm³/mol. The highest BCUT2D eigenvalue weighted by Gasteiger charge is 2.18. The van der Waals surface area contributed by atoms with E-state index in [0.717, 1.165) is 29.1 Å². The molecule has 4 rings (SSSR count). The van der Waals surface area contributed by atoms with Crippen LogP contribution in [0.2, 0.25) is 0 Å². The summed E-state index contributed by atoms with van der Waals surface area (Å²) in [5.41, 5.74) is 3.21. The predicted octanol–water partition coefficient (Wildman–Crippen LogP) is 4.14. The number of thioether (sulfide) groups is 1. The lowest BCUT2D eigenvalue weighted by Gasteiger charge is -2.16. The summed E-state index contributed by atoms with van der Waals surface area (Å²) >= 11 is 1.11. The van der Waals surface area contributed by atoms with Gasteiger partial charge in [0.2, 0.25) is 5.91 Å². The van der Waals surface area contributed by atoms with E-state index in [1.807, 2.05) is 32.0 Å². The van der Waals surface area contributed by atoms with Crippen LogP contribution in [-0.4, -0.2) is 35.9 Å². The summed E-state index contributed by atoms with van der Waals surface area (Å²) in [4.78, 5) is 30.9. The van der Waals surface area contributed by atoms with Crippen molar-refractivity contribution in [3.05, 3.63) is 88.2 Å². The molecule has 0 saturated heterocycles. The molecule has 0 saturated carbocycles. The molecule has 0 aliphatic rings. The maximum absolute atomic E-state index is 13.4. The average Bonchev–Trinajstić information content (AvgIpc) is 2.78. The number of benzene rings is 3. The molecule has 1 aromatic heterocycles. The molecule has 34 heavy (non-hydrogen) atoms. The molecule has 0 aliphatic carbocycles. The molecule has 4 aromatic rings. The summed E-state index contributed by atoms with van der Waals surface area (Å²) in [5.74, 6) is -0.468. The summed E-state index contributed by atoms with van der Waals surface area (Å²) in [7, 11) is -3.51. The van der Waals surface area contributed by atoms with Gasteiger partial charge in [0.25, 0.3) is 5.56 Å². The molecule has 1 amide bonds. The average molecular weight is 494 g/mol. The highest BCUT2D eigenvalue weighted by molar-refractivity contribution is 7.99. The van der Waals surface area contributed by atoms with E-state index in [4.69, 9.17) is 0 Å². The Labute approximate surface area is 201 Å². The van der Waals surface area contributed by atoms with Gasteiger partial charge in [-0.3, -0.25) is 14.2 Å². The number of sulfone groups is 1. The molecule has 0 radical (unpaired) electrons. The van der Waals surface area contributed by atoms with Crippen LogP contribution < -0.4 is 10.9 Å². The fraction of sp³-hybridized carbons (Fsp3) is 0.160. The number of fused-ring (bicyclic) bond motifs is 1. The number of nitrogens with one attached hydrogen (secondary N) is 1. The van der Waals surface area contributed by atoms with Crippen LogP contribution in [0.4, 0.5) is 5.69 Å². The Kier molecular flexibility index (Phi) is 6.58. The van der Waals surface area contributed by atoms with Crippen molar-refractivity contribution in [3.63, 3.8) is 0 Å². The van der Waals surface area contributed by atoms with E-state index in [1.165, 1.54) is 10.6 Å². The summed E-state index contributed by atoms with van der Waals surface area (Å²) in [6.07, 6.45) is 1.09. The van der Waals surface area contributed by atoms with E-state index in [9.17, 15) is 18.0 Å². The number of aryl methyl sites for hydroxylation is 2. The Morgan fingerprint density at radius 3 is 2.47 bits per heavy atom. The fourth-order valence-corrected chi connectivity index (χ4v) is 5.34. The third-order valence-electron chi connectivity index (χ3n) is 5.23. The Bertz CT molecular complexity index is 1580. The van der Waals surface area contributed by atoms with Crippen molar-refractivity contribution >= 4 is 44.1 Å². The van der Waals surface area contributed by atoms with Crippen molar-refractivity contribution in [2.24, 2.45) is 0 Å². The van der Waals surface area contributed by atoms with Crippen molar-refractivity contribution in [2.45, 2.75) is 23.9 Å². The molecule has 1 N–H and O–H groups in total. The van der Waals surface area contributed by atoms with Crippen LogP contribution in [0, 0.1) is 13.8 Å². The molecule has 9 heteroatoms. The molecule has 174 valence electrons. The quantitative estimate of drug-likeness (QED) is 0.320. The third kappa shape index (κ3) is 4.90. The van der Waals surface area contributed by atoms with Crippen LogP contribution in [-0.2, 0) is 14.6 Å². The molecule has 0 fully saturated rings. The second-order valence-corrected chi connectivity index (χ2v) is 10.9. The second-order valence-electron chi connectivity index (χ2n) is 7.95. The summed E-state index contributed by atoms with van der Waals surface area (Å²) in [6.45, 7) is 3.90. The number of rotatable bonds is 6. The smallest absolute Gasteiger partial charge is 0.266 e. The lowest BCUT2D eigenvalue weighted by molar-refractivity contribution is -0.113. The third-order valence-corrected chi connectivity index (χ3v) is 7.32. The molecule has 7 nitrogen and oxygen atoms in total. The highest BCUT2D eigenvalue weighted by Crippen LogP contribution is 2.25. The summed E-state index contributed by atoms with van der Waals surface area (Å²) in [5, 5.41) is 3.52. The van der Waals surface area contributed by atoms with Crippen molar-refractivity contribution < 1.29 is 13.2 Å². The topological polar surface area (TPSA) is 98.1 Å². The van der Waals surface area contributed by atoms with Crippen molar-refractivity contribution in [3.8, 4) is 5.69 Å². The van der Waals surface area contributed by atoms with Gasteiger partial charge in [-0.25, -0.2) is 13.4 Å². The molecule has 1 heterocycles. The van der Waals surface area contributed by atoms with Crippen LogP contribution in [0.1, 0.15) is 11.1 Å². The second kappa shape index (κ2) is 9.44. The van der Waals surface area contributed by atoms with E-state index in [1.54, 1.807) is 42.5 Å². The van der Waals surface area contributed by atoms with Gasteiger partial charge in [0.05, 0.1) is 32.9 Å². The first-order chi connectivity index (χ1) is 16.1. The lowest BCUT2D eigenvalue weighted by atomic mass is 10.1. The molecule has 3 aromatic carbocycles. The van der Waals surface area contributed by atoms with Gasteiger partial charge in [0, 0.05) is 6.26 Å². The molecule has 0 spiro atoms. The number of amides is 1. The van der Waals surface area contributed by atoms with Crippen molar-refractivity contribution in [2.75, 3.05) is 17.3 Å². The SMILES string of the molecule is Cc1ccc(-n2c(SCC(=O)Nc3ccccc3S(C)(=O)=O)nc3ccccc3c2=O)c(C)c1. The number of anilines is 1. The minimum absolute atomic E-state index is 0.0457. The highest BCUT2D eigenvalue weighted by atomic mass is 32.2. The molecule has 0 aliphatic heterocycles. The molecule has 0 atom stereocenters. The summed E-state index contributed by atoms with van der Waals surface area (Å²) < 4.78 is 25.6. The van der Waals surface area contributed by atoms with Crippen molar-refractivity contribution in [1.29, 1.82) is 0 Å². The van der Waals surface area contributed by atoms with E-state index in [2.05, 4.69) is 10.3 Å². The fourth-order valence-electron chi connectivity index (χ4n) is 3.69. The van der Waals surface area contributed by atoms with E-state index >= 15 is 0 Å². The van der Waals surface area contributed by atoms with E-state index < -0.39 is 15.7 Å². The molecule has 0 bridgehead atoms. The number of para-hydroxylation sites is 2. The Balaban J connectivity index is 1.70. The van der Waals surface area contributed by atoms with Crippen LogP contribution >= 0.6 is 11.8 Å². The van der Waals surface area contributed by atoms with Gasteiger partial charge in [0.1, 0.15) is 0 Å². The number of nitrogens with zero attached hydrogens (tertiary/aromatic N) is 2. The minimum Gasteiger partial charge on any atom is -0.324 e. The maximum Gasteiger partial charge on any atom is 0.266 e. The van der Waals surface area contributed by atoms with Gasteiger partial charge in [0.15, 0.2) is 15.0 Å². The number of carbonyl (C=O) groups excluding carboxylic acids is 1. The monoisotopic (exact) mass is 493 g/mol. The largest absolute Gasteiger partial charge is 0.324 e. The maximum atomic E-state index is 13.4. The van der Waals surface area contributed by atoms with Gasteiger partial charge in [-0.1, -0.05) is 53.7 Å². The first-order valence-electron chi connectivity index (χ1n) is 10.5. The first-order valence-corrected chi connectivity index (χ1v) is 13.3. The van der Waals surface area contributed by atoms with Crippen LogP contribution in [0.25, 0.3) is 16.6 Å². The normalized spacial score (nSPS) is 11.5.